The number of benzene rings is 2. The first-order chi connectivity index (χ1) is 14.2. The van der Waals surface area contributed by atoms with Crippen molar-refractivity contribution in [3.8, 4) is 23.0 Å². The molecule has 154 valence electrons. The first-order valence-electron chi connectivity index (χ1n) is 9.98. The molecule has 0 aromatic heterocycles. The zero-order valence-corrected chi connectivity index (χ0v) is 17.7. The Morgan fingerprint density at radius 3 is 2.38 bits per heavy atom. The van der Waals surface area contributed by atoms with Crippen molar-refractivity contribution in [2.75, 3.05) is 34.5 Å². The molecule has 0 radical (unpaired) electrons. The van der Waals surface area contributed by atoms with Crippen LogP contribution in [0.2, 0.25) is 0 Å². The van der Waals surface area contributed by atoms with Crippen LogP contribution in [-0.2, 0) is 6.42 Å². The van der Waals surface area contributed by atoms with Crippen molar-refractivity contribution >= 4 is 11.8 Å². The highest BCUT2D eigenvalue weighted by Crippen LogP contribution is 2.38. The maximum Gasteiger partial charge on any atom is 0.203 e. The van der Waals surface area contributed by atoms with Crippen LogP contribution in [0.1, 0.15) is 36.5 Å². The van der Waals surface area contributed by atoms with E-state index >= 15 is 0 Å². The molecule has 0 atom stereocenters. The van der Waals surface area contributed by atoms with Gasteiger partial charge in [0.15, 0.2) is 11.5 Å². The Kier molecular flexibility index (Phi) is 7.17. The lowest BCUT2D eigenvalue weighted by Gasteiger charge is -2.17. The van der Waals surface area contributed by atoms with Crippen molar-refractivity contribution in [3.05, 3.63) is 53.1 Å². The number of fused-ring (bicyclic) bond motifs is 1. The number of hydrogen-bond acceptors (Lipinski definition) is 5. The molecule has 0 fully saturated rings. The molecule has 0 bridgehead atoms. The van der Waals surface area contributed by atoms with Crippen LogP contribution in [0.15, 0.2) is 41.4 Å². The van der Waals surface area contributed by atoms with Gasteiger partial charge in [0, 0.05) is 12.1 Å². The van der Waals surface area contributed by atoms with E-state index in [4.69, 9.17) is 23.9 Å². The average molecular weight is 395 g/mol. The molecule has 5 nitrogen and oxygen atoms in total. The van der Waals surface area contributed by atoms with Gasteiger partial charge in [-0.15, -0.1) is 0 Å². The van der Waals surface area contributed by atoms with Gasteiger partial charge >= 0.3 is 0 Å². The minimum Gasteiger partial charge on any atom is -0.494 e. The summed E-state index contributed by atoms with van der Waals surface area (Å²) in [5, 5.41) is 0. The van der Waals surface area contributed by atoms with E-state index in [2.05, 4.69) is 19.1 Å². The van der Waals surface area contributed by atoms with Gasteiger partial charge in [-0.05, 0) is 60.4 Å². The molecule has 5 heteroatoms. The van der Waals surface area contributed by atoms with Crippen molar-refractivity contribution in [2.24, 2.45) is 4.99 Å². The summed E-state index contributed by atoms with van der Waals surface area (Å²) in [4.78, 5) is 4.71. The predicted octanol–water partition coefficient (Wildman–Crippen LogP) is 4.95. The van der Waals surface area contributed by atoms with E-state index in [9.17, 15) is 0 Å². The molecule has 0 aliphatic carbocycles. The van der Waals surface area contributed by atoms with E-state index in [-0.39, 0.29) is 0 Å². The van der Waals surface area contributed by atoms with Gasteiger partial charge in [-0.1, -0.05) is 19.4 Å². The number of rotatable bonds is 9. The molecule has 0 spiro atoms. The molecule has 0 N–H and O–H groups in total. The molecule has 1 aliphatic heterocycles. The van der Waals surface area contributed by atoms with Crippen LogP contribution in [0, 0.1) is 0 Å². The van der Waals surface area contributed by atoms with Gasteiger partial charge in [0.25, 0.3) is 0 Å². The molecular weight excluding hydrogens is 366 g/mol. The molecule has 1 aliphatic rings. The highest BCUT2D eigenvalue weighted by molar-refractivity contribution is 6.12. The molecular formula is C24H29NO4. The maximum absolute atomic E-state index is 5.85. The quantitative estimate of drug-likeness (QED) is 0.564. The summed E-state index contributed by atoms with van der Waals surface area (Å²) >= 11 is 0. The molecule has 3 rings (SSSR count). The summed E-state index contributed by atoms with van der Waals surface area (Å²) in [5.41, 5.74) is 4.36. The van der Waals surface area contributed by atoms with E-state index in [1.165, 1.54) is 5.56 Å². The molecule has 0 saturated heterocycles. The van der Waals surface area contributed by atoms with Gasteiger partial charge in [-0.25, -0.2) is 0 Å². The molecule has 2 aromatic carbocycles. The van der Waals surface area contributed by atoms with Crippen molar-refractivity contribution in [1.82, 2.24) is 0 Å². The fraction of sp³-hybridized carbons (Fsp3) is 0.375. The SMILES string of the molecule is CCCCOc1ccc2c(c1)CCN=C2/C=C/c1cc(OC)c(OC)c(OC)c1. The smallest absolute Gasteiger partial charge is 0.203 e. The third-order valence-corrected chi connectivity index (χ3v) is 4.90. The van der Waals surface area contributed by atoms with Gasteiger partial charge < -0.3 is 18.9 Å². The monoisotopic (exact) mass is 395 g/mol. The minimum atomic E-state index is 0.586. The number of allylic oxidation sites excluding steroid dienone is 1. The Morgan fingerprint density at radius 1 is 0.966 bits per heavy atom. The lowest BCUT2D eigenvalue weighted by Crippen LogP contribution is -2.11. The van der Waals surface area contributed by atoms with E-state index in [0.29, 0.717) is 17.2 Å². The number of methoxy groups -OCH3 is 3. The molecule has 0 unspecified atom stereocenters. The lowest BCUT2D eigenvalue weighted by atomic mass is 9.96. The van der Waals surface area contributed by atoms with Crippen LogP contribution >= 0.6 is 0 Å². The Morgan fingerprint density at radius 2 is 1.72 bits per heavy atom. The number of nitrogens with zero attached hydrogens (tertiary/aromatic N) is 1. The van der Waals surface area contributed by atoms with Gasteiger partial charge in [0.2, 0.25) is 5.75 Å². The lowest BCUT2D eigenvalue weighted by molar-refractivity contribution is 0.309. The fourth-order valence-electron chi connectivity index (χ4n) is 3.35. The van der Waals surface area contributed by atoms with Gasteiger partial charge in [-0.3, -0.25) is 4.99 Å². The summed E-state index contributed by atoms with van der Waals surface area (Å²) in [6, 6.07) is 10.1. The van der Waals surface area contributed by atoms with Crippen LogP contribution in [0.3, 0.4) is 0 Å². The second-order valence-corrected chi connectivity index (χ2v) is 6.83. The summed E-state index contributed by atoms with van der Waals surface area (Å²) in [6.45, 7) is 3.71. The number of hydrogen-bond donors (Lipinski definition) is 0. The van der Waals surface area contributed by atoms with Crippen LogP contribution < -0.4 is 18.9 Å². The minimum absolute atomic E-state index is 0.586. The van der Waals surface area contributed by atoms with Crippen LogP contribution in [0.5, 0.6) is 23.0 Å². The van der Waals surface area contributed by atoms with Crippen molar-refractivity contribution in [1.29, 1.82) is 0 Å². The van der Waals surface area contributed by atoms with Gasteiger partial charge in [0.1, 0.15) is 5.75 Å². The highest BCUT2D eigenvalue weighted by Gasteiger charge is 2.15. The van der Waals surface area contributed by atoms with Crippen LogP contribution in [0.4, 0.5) is 0 Å². The number of aliphatic imine (C=N–C) groups is 1. The molecule has 2 aromatic rings. The Labute approximate surface area is 173 Å². The van der Waals surface area contributed by atoms with Gasteiger partial charge in [-0.2, -0.15) is 0 Å². The normalized spacial score (nSPS) is 13.0. The number of ether oxygens (including phenoxy) is 4. The fourth-order valence-corrected chi connectivity index (χ4v) is 3.35. The van der Waals surface area contributed by atoms with Crippen molar-refractivity contribution in [2.45, 2.75) is 26.2 Å². The van der Waals surface area contributed by atoms with Crippen LogP contribution in [-0.4, -0.2) is 40.2 Å². The topological polar surface area (TPSA) is 49.3 Å². The van der Waals surface area contributed by atoms with Crippen molar-refractivity contribution in [3.63, 3.8) is 0 Å². The predicted molar refractivity (Wildman–Crippen MR) is 117 cm³/mol. The average Bonchev–Trinajstić information content (AvgIpc) is 2.76. The standard InChI is InChI=1S/C24H29NO4/c1-5-6-13-29-19-8-9-20-18(16-19)11-12-25-21(20)10-7-17-14-22(26-2)24(28-4)23(15-17)27-3/h7-10,14-16H,5-6,11-13H2,1-4H3/b10-7+. The van der Waals surface area contributed by atoms with Gasteiger partial charge in [0.05, 0.1) is 33.6 Å². The van der Waals surface area contributed by atoms with E-state index < -0.39 is 0 Å². The first-order valence-corrected chi connectivity index (χ1v) is 9.98. The van der Waals surface area contributed by atoms with E-state index in [0.717, 1.165) is 55.0 Å². The third kappa shape index (κ3) is 4.91. The summed E-state index contributed by atoms with van der Waals surface area (Å²) in [6.07, 6.45) is 7.19. The molecule has 29 heavy (non-hydrogen) atoms. The Hall–Kier alpha value is -2.95. The Bertz CT molecular complexity index is 877. The molecule has 0 saturated carbocycles. The second kappa shape index (κ2) is 10.0. The maximum atomic E-state index is 5.85. The number of unbranched alkanes of at least 4 members (excludes halogenated alkanes) is 1. The zero-order chi connectivity index (χ0) is 20.6. The summed E-state index contributed by atoms with van der Waals surface area (Å²) in [5.74, 6) is 2.79. The third-order valence-electron chi connectivity index (χ3n) is 4.90. The highest BCUT2D eigenvalue weighted by atomic mass is 16.5. The first kappa shape index (κ1) is 20.8. The molecule has 1 heterocycles. The van der Waals surface area contributed by atoms with Crippen LogP contribution in [0.25, 0.3) is 6.08 Å². The summed E-state index contributed by atoms with van der Waals surface area (Å²) in [7, 11) is 4.84. The second-order valence-electron chi connectivity index (χ2n) is 6.83. The molecule has 0 amide bonds. The summed E-state index contributed by atoms with van der Waals surface area (Å²) < 4.78 is 22.1. The zero-order valence-electron chi connectivity index (χ0n) is 17.7. The largest absolute Gasteiger partial charge is 0.494 e. The van der Waals surface area contributed by atoms with E-state index in [1.54, 1.807) is 21.3 Å². The van der Waals surface area contributed by atoms with Crippen molar-refractivity contribution < 1.29 is 18.9 Å². The van der Waals surface area contributed by atoms with E-state index in [1.807, 2.05) is 30.4 Å². The Balaban J connectivity index is 1.83.